The van der Waals surface area contributed by atoms with E-state index >= 15 is 0 Å². The number of hydrogen-bond acceptors (Lipinski definition) is 7. The summed E-state index contributed by atoms with van der Waals surface area (Å²) >= 11 is 1.15. The van der Waals surface area contributed by atoms with Crippen LogP contribution in [0.25, 0.3) is 11.1 Å². The first-order valence-corrected chi connectivity index (χ1v) is 11.5. The first-order chi connectivity index (χ1) is 16.5. The average Bonchev–Trinajstić information content (AvgIpc) is 3.44. The van der Waals surface area contributed by atoms with Crippen LogP contribution in [-0.4, -0.2) is 52.4 Å². The predicted molar refractivity (Wildman–Crippen MR) is 125 cm³/mol. The molecule has 0 saturated heterocycles. The van der Waals surface area contributed by atoms with Crippen LogP contribution in [-0.2, 0) is 16.1 Å². The highest BCUT2D eigenvalue weighted by molar-refractivity contribution is 7.09. The molecule has 0 aliphatic heterocycles. The van der Waals surface area contributed by atoms with Gasteiger partial charge in [0.15, 0.2) is 0 Å². The number of carboxylic acid groups (broad SMARTS) is 1. The van der Waals surface area contributed by atoms with Gasteiger partial charge in [0.1, 0.15) is 23.4 Å². The van der Waals surface area contributed by atoms with Crippen molar-refractivity contribution >= 4 is 29.3 Å². The van der Waals surface area contributed by atoms with E-state index in [0.717, 1.165) is 33.6 Å². The van der Waals surface area contributed by atoms with Crippen LogP contribution >= 0.6 is 11.3 Å². The van der Waals surface area contributed by atoms with Crippen molar-refractivity contribution in [2.75, 3.05) is 13.2 Å². The van der Waals surface area contributed by atoms with Gasteiger partial charge in [0.05, 0.1) is 6.54 Å². The quantitative estimate of drug-likeness (QED) is 0.369. The van der Waals surface area contributed by atoms with Crippen LogP contribution in [0.5, 0.6) is 0 Å². The zero-order valence-electron chi connectivity index (χ0n) is 18.1. The fourth-order valence-electron chi connectivity index (χ4n) is 3.91. The molecule has 2 amide bonds. The van der Waals surface area contributed by atoms with Gasteiger partial charge < -0.3 is 25.6 Å². The zero-order chi connectivity index (χ0) is 24.1. The Hall–Kier alpha value is -3.76. The first-order valence-electron chi connectivity index (χ1n) is 10.7. The van der Waals surface area contributed by atoms with Gasteiger partial charge in [0.2, 0.25) is 0 Å². The third-order valence-corrected chi connectivity index (χ3v) is 6.38. The molecule has 1 aliphatic carbocycles. The maximum Gasteiger partial charge on any atom is 0.407 e. The van der Waals surface area contributed by atoms with E-state index in [9.17, 15) is 14.4 Å². The van der Waals surface area contributed by atoms with Gasteiger partial charge in [0.25, 0.3) is 5.91 Å². The molecule has 0 radical (unpaired) electrons. The number of alkyl carbamates (subject to hydrolysis) is 1. The highest BCUT2D eigenvalue weighted by atomic mass is 32.1. The summed E-state index contributed by atoms with van der Waals surface area (Å²) in [6.45, 7) is -0.121. The summed E-state index contributed by atoms with van der Waals surface area (Å²) < 4.78 is 5.48. The van der Waals surface area contributed by atoms with Gasteiger partial charge in [-0.05, 0) is 22.3 Å². The van der Waals surface area contributed by atoms with Crippen LogP contribution < -0.4 is 10.6 Å². The number of carbonyl (C=O) groups excluding carboxylic acids is 2. The number of thiazole rings is 1. The molecular weight excluding hydrogens is 458 g/mol. The van der Waals surface area contributed by atoms with Crippen molar-refractivity contribution in [3.63, 3.8) is 0 Å². The number of nitrogens with zero attached hydrogens (tertiary/aromatic N) is 1. The van der Waals surface area contributed by atoms with Crippen molar-refractivity contribution in [3.05, 3.63) is 75.7 Å². The Morgan fingerprint density at radius 2 is 1.71 bits per heavy atom. The van der Waals surface area contributed by atoms with E-state index in [2.05, 4.69) is 27.8 Å². The molecule has 0 fully saturated rings. The Morgan fingerprint density at radius 3 is 2.32 bits per heavy atom. The fourth-order valence-corrected chi connectivity index (χ4v) is 4.63. The number of benzene rings is 2. The predicted octanol–water partition coefficient (Wildman–Crippen LogP) is 2.75. The number of ether oxygens (including phenoxy) is 1. The summed E-state index contributed by atoms with van der Waals surface area (Å²) in [5.41, 5.74) is 4.56. The molecule has 0 unspecified atom stereocenters. The zero-order valence-corrected chi connectivity index (χ0v) is 18.9. The van der Waals surface area contributed by atoms with Crippen LogP contribution in [0.3, 0.4) is 0 Å². The summed E-state index contributed by atoms with van der Waals surface area (Å²) in [4.78, 5) is 39.8. The number of amides is 2. The molecule has 0 spiro atoms. The van der Waals surface area contributed by atoms with Crippen LogP contribution in [0.4, 0.5) is 4.79 Å². The summed E-state index contributed by atoms with van der Waals surface area (Å²) in [6, 6.07) is 14.9. The van der Waals surface area contributed by atoms with Gasteiger partial charge in [-0.15, -0.1) is 11.3 Å². The number of rotatable bonds is 9. The molecule has 2 aromatic carbocycles. The molecule has 0 saturated carbocycles. The molecule has 1 heterocycles. The molecule has 0 bridgehead atoms. The lowest BCUT2D eigenvalue weighted by molar-refractivity contribution is -0.139. The molecule has 4 N–H and O–H groups in total. The minimum absolute atomic E-state index is 0.0403. The second kappa shape index (κ2) is 10.4. The lowest BCUT2D eigenvalue weighted by Crippen LogP contribution is -2.41. The molecule has 176 valence electrons. The molecule has 34 heavy (non-hydrogen) atoms. The van der Waals surface area contributed by atoms with Gasteiger partial charge in [0, 0.05) is 24.3 Å². The van der Waals surface area contributed by atoms with Crippen molar-refractivity contribution < 1.29 is 29.3 Å². The lowest BCUT2D eigenvalue weighted by atomic mass is 9.98. The van der Waals surface area contributed by atoms with E-state index in [1.807, 2.05) is 36.4 Å². The van der Waals surface area contributed by atoms with E-state index in [-0.39, 0.29) is 37.8 Å². The van der Waals surface area contributed by atoms with Gasteiger partial charge in [-0.1, -0.05) is 48.5 Å². The summed E-state index contributed by atoms with van der Waals surface area (Å²) in [5, 5.41) is 24.9. The number of aliphatic hydroxyl groups excluding tert-OH is 1. The third kappa shape index (κ3) is 5.08. The minimum atomic E-state index is -1.24. The third-order valence-electron chi connectivity index (χ3n) is 5.53. The molecule has 3 aromatic rings. The Labute approximate surface area is 199 Å². The number of carbonyl (C=O) groups is 3. The number of nitrogens with one attached hydrogen (secondary N) is 2. The lowest BCUT2D eigenvalue weighted by Gasteiger charge is -2.14. The molecule has 1 aliphatic rings. The van der Waals surface area contributed by atoms with E-state index in [0.29, 0.717) is 5.01 Å². The minimum Gasteiger partial charge on any atom is -0.480 e. The summed E-state index contributed by atoms with van der Waals surface area (Å²) in [6.07, 6.45) is -0.710. The number of aliphatic hydroxyl groups is 1. The Bertz CT molecular complexity index is 1170. The molecule has 1 aromatic heterocycles. The first kappa shape index (κ1) is 23.4. The number of carboxylic acids is 1. The normalized spacial score (nSPS) is 13.0. The number of hydrogen-bond donors (Lipinski definition) is 4. The van der Waals surface area contributed by atoms with Gasteiger partial charge >= 0.3 is 12.1 Å². The molecule has 10 heteroatoms. The summed E-state index contributed by atoms with van der Waals surface area (Å²) in [7, 11) is 0. The van der Waals surface area contributed by atoms with Gasteiger partial charge in [-0.2, -0.15) is 0 Å². The second-order valence-electron chi connectivity index (χ2n) is 7.68. The number of fused-ring (bicyclic) bond motifs is 3. The van der Waals surface area contributed by atoms with Crippen LogP contribution in [0.2, 0.25) is 0 Å². The molecule has 1 atom stereocenters. The van der Waals surface area contributed by atoms with Crippen molar-refractivity contribution in [1.29, 1.82) is 0 Å². The van der Waals surface area contributed by atoms with E-state index in [1.54, 1.807) is 0 Å². The Morgan fingerprint density at radius 1 is 1.06 bits per heavy atom. The molecule has 4 rings (SSSR count). The van der Waals surface area contributed by atoms with Crippen LogP contribution in [0.1, 0.15) is 39.0 Å². The monoisotopic (exact) mass is 481 g/mol. The Kier molecular flexibility index (Phi) is 7.19. The maximum absolute atomic E-state index is 12.3. The van der Waals surface area contributed by atoms with Crippen molar-refractivity contribution in [1.82, 2.24) is 15.6 Å². The van der Waals surface area contributed by atoms with E-state index in [1.165, 1.54) is 5.38 Å². The molecular formula is C24H23N3O6S. The standard InChI is InChI=1S/C24H23N3O6S/c28-10-9-19(23(30)31)27-22(29)20-13-34-21(26-20)11-25-24(32)33-12-18-16-7-3-1-5-14(16)15-6-2-4-8-17(15)18/h1-8,13,18-19,28H,9-12H2,(H,25,32)(H,27,29)(H,30,31)/t19-/m1/s1. The van der Waals surface area contributed by atoms with Crippen LogP contribution in [0, 0.1) is 0 Å². The van der Waals surface area contributed by atoms with Crippen LogP contribution in [0.15, 0.2) is 53.9 Å². The largest absolute Gasteiger partial charge is 0.480 e. The highest BCUT2D eigenvalue weighted by Crippen LogP contribution is 2.44. The molecule has 9 nitrogen and oxygen atoms in total. The maximum atomic E-state index is 12.3. The highest BCUT2D eigenvalue weighted by Gasteiger charge is 2.29. The van der Waals surface area contributed by atoms with Gasteiger partial charge in [-0.25, -0.2) is 14.6 Å². The smallest absolute Gasteiger partial charge is 0.407 e. The average molecular weight is 482 g/mol. The second-order valence-corrected chi connectivity index (χ2v) is 8.62. The number of aliphatic carboxylic acids is 1. The van der Waals surface area contributed by atoms with E-state index < -0.39 is 24.0 Å². The topological polar surface area (TPSA) is 138 Å². The number of aromatic nitrogens is 1. The van der Waals surface area contributed by atoms with Crippen molar-refractivity contribution in [2.45, 2.75) is 24.9 Å². The van der Waals surface area contributed by atoms with E-state index in [4.69, 9.17) is 14.9 Å². The SMILES string of the molecule is O=C(NCc1nc(C(=O)N[C@H](CCO)C(=O)O)cs1)OCC1c2ccccc2-c2ccccc21. The van der Waals surface area contributed by atoms with Gasteiger partial charge in [-0.3, -0.25) is 4.79 Å². The van der Waals surface area contributed by atoms with Crippen molar-refractivity contribution in [2.24, 2.45) is 0 Å². The van der Waals surface area contributed by atoms with Crippen molar-refractivity contribution in [3.8, 4) is 11.1 Å². The summed E-state index contributed by atoms with van der Waals surface area (Å²) in [5.74, 6) is -1.95. The Balaban J connectivity index is 1.30. The fraction of sp³-hybridized carbons (Fsp3) is 0.250.